The molecule has 0 aliphatic carbocycles. The Morgan fingerprint density at radius 1 is 1.00 bits per heavy atom. The van der Waals surface area contributed by atoms with E-state index in [4.69, 9.17) is 14.9 Å². The number of rotatable bonds is 8. The summed E-state index contributed by atoms with van der Waals surface area (Å²) >= 11 is 0. The topological polar surface area (TPSA) is 66.8 Å². The Morgan fingerprint density at radius 3 is 1.95 bits per heavy atom. The highest BCUT2D eigenvalue weighted by molar-refractivity contribution is 5.69. The molecular weight excluding hydrogens is 244 g/mol. The Morgan fingerprint density at radius 2 is 1.53 bits per heavy atom. The Bertz CT molecular complexity index is 195. The van der Waals surface area contributed by atoms with Gasteiger partial charge in [0, 0.05) is 6.42 Å². The van der Waals surface area contributed by atoms with Crippen molar-refractivity contribution in [2.24, 2.45) is 5.41 Å². The average molecular weight is 276 g/mol. The van der Waals surface area contributed by atoms with Crippen molar-refractivity contribution >= 4 is 5.97 Å². The molecule has 2 N–H and O–H groups in total. The van der Waals surface area contributed by atoms with Gasteiger partial charge in [0.15, 0.2) is 0 Å². The third kappa shape index (κ3) is 23.0. The number of aliphatic hydroxyl groups is 2. The van der Waals surface area contributed by atoms with Crippen molar-refractivity contribution in [2.45, 2.75) is 66.2 Å². The molecule has 0 heterocycles. The molecule has 19 heavy (non-hydrogen) atoms. The summed E-state index contributed by atoms with van der Waals surface area (Å²) < 4.78 is 5.17. The van der Waals surface area contributed by atoms with E-state index >= 15 is 0 Å². The maximum atomic E-state index is 11.3. The molecule has 0 saturated heterocycles. The normalized spacial score (nSPS) is 10.6. The van der Waals surface area contributed by atoms with Crippen molar-refractivity contribution in [1.82, 2.24) is 0 Å². The summed E-state index contributed by atoms with van der Waals surface area (Å²) in [6.07, 6.45) is 6.47. The van der Waals surface area contributed by atoms with E-state index < -0.39 is 0 Å². The summed E-state index contributed by atoms with van der Waals surface area (Å²) in [5, 5.41) is 15.2. The van der Waals surface area contributed by atoms with Crippen molar-refractivity contribution in [3.05, 3.63) is 0 Å². The van der Waals surface area contributed by atoms with Gasteiger partial charge in [0.05, 0.1) is 19.8 Å². The number of esters is 1. The fourth-order valence-corrected chi connectivity index (χ4v) is 1.24. The van der Waals surface area contributed by atoms with E-state index in [1.54, 1.807) is 0 Å². The monoisotopic (exact) mass is 276 g/mol. The summed E-state index contributed by atoms with van der Waals surface area (Å²) in [7, 11) is 0. The zero-order chi connectivity index (χ0) is 15.1. The second-order valence-corrected chi connectivity index (χ2v) is 5.83. The molecule has 0 aromatic heterocycles. The van der Waals surface area contributed by atoms with Crippen LogP contribution in [0, 0.1) is 5.41 Å². The molecule has 116 valence electrons. The standard InChI is InChI=1S/C13H26O2.C2H6O2/c1-5-6-7-8-9-10-12(14)15-11-13(2,3)4;3-1-2-4/h5-11H2,1-4H3;3-4H,1-2H2. The SMILES string of the molecule is CCCCCCCC(=O)OCC(C)(C)C.OCCO. The maximum absolute atomic E-state index is 11.3. The first kappa shape index (κ1) is 20.7. The van der Waals surface area contributed by atoms with Crippen molar-refractivity contribution in [1.29, 1.82) is 0 Å². The zero-order valence-corrected chi connectivity index (χ0v) is 13.1. The molecule has 0 aromatic carbocycles. The molecule has 0 amide bonds. The van der Waals surface area contributed by atoms with Gasteiger partial charge in [0.2, 0.25) is 0 Å². The minimum atomic E-state index is -0.125. The van der Waals surface area contributed by atoms with Gasteiger partial charge in [-0.05, 0) is 11.8 Å². The quantitative estimate of drug-likeness (QED) is 0.528. The molecule has 0 saturated carbocycles. The average Bonchev–Trinajstić information content (AvgIpc) is 2.35. The minimum Gasteiger partial charge on any atom is -0.465 e. The first-order valence-corrected chi connectivity index (χ1v) is 7.24. The molecule has 0 aromatic rings. The maximum Gasteiger partial charge on any atom is 0.305 e. The van der Waals surface area contributed by atoms with E-state index in [-0.39, 0.29) is 24.6 Å². The number of aliphatic hydroxyl groups excluding tert-OH is 2. The van der Waals surface area contributed by atoms with Crippen LogP contribution in [0.5, 0.6) is 0 Å². The number of hydrogen-bond donors (Lipinski definition) is 2. The second-order valence-electron chi connectivity index (χ2n) is 5.83. The van der Waals surface area contributed by atoms with E-state index in [0.717, 1.165) is 12.8 Å². The highest BCUT2D eigenvalue weighted by Crippen LogP contribution is 2.14. The zero-order valence-electron chi connectivity index (χ0n) is 13.1. The lowest BCUT2D eigenvalue weighted by molar-refractivity contribution is -0.146. The third-order valence-electron chi connectivity index (χ3n) is 2.25. The highest BCUT2D eigenvalue weighted by Gasteiger charge is 2.13. The van der Waals surface area contributed by atoms with Crippen LogP contribution in [-0.4, -0.2) is 36.0 Å². The lowest BCUT2D eigenvalue weighted by Gasteiger charge is -2.17. The predicted octanol–water partition coefficient (Wildman–Crippen LogP) is 2.91. The van der Waals surface area contributed by atoms with Crippen LogP contribution in [0.1, 0.15) is 66.2 Å². The van der Waals surface area contributed by atoms with Crippen molar-refractivity contribution in [2.75, 3.05) is 19.8 Å². The molecule has 0 bridgehead atoms. The van der Waals surface area contributed by atoms with Gasteiger partial charge in [-0.25, -0.2) is 0 Å². The van der Waals surface area contributed by atoms with Crippen LogP contribution in [0.25, 0.3) is 0 Å². The van der Waals surface area contributed by atoms with Crippen LogP contribution in [-0.2, 0) is 9.53 Å². The van der Waals surface area contributed by atoms with Crippen LogP contribution in [0.3, 0.4) is 0 Å². The first-order valence-electron chi connectivity index (χ1n) is 7.24. The highest BCUT2D eigenvalue weighted by atomic mass is 16.5. The first-order chi connectivity index (χ1) is 8.87. The van der Waals surface area contributed by atoms with Gasteiger partial charge in [-0.2, -0.15) is 0 Å². The fraction of sp³-hybridized carbons (Fsp3) is 0.933. The van der Waals surface area contributed by atoms with E-state index in [1.807, 2.05) is 0 Å². The number of carbonyl (C=O) groups excluding carboxylic acids is 1. The molecule has 0 rings (SSSR count). The number of hydrogen-bond acceptors (Lipinski definition) is 4. The van der Waals surface area contributed by atoms with Crippen molar-refractivity contribution in [3.8, 4) is 0 Å². The molecule has 0 aliphatic rings. The summed E-state index contributed by atoms with van der Waals surface area (Å²) in [6, 6.07) is 0. The molecule has 0 spiro atoms. The number of ether oxygens (including phenoxy) is 1. The Balaban J connectivity index is 0. The van der Waals surface area contributed by atoms with Crippen molar-refractivity contribution in [3.63, 3.8) is 0 Å². The lowest BCUT2D eigenvalue weighted by atomic mass is 9.99. The molecule has 0 unspecified atom stereocenters. The van der Waals surface area contributed by atoms with E-state index in [9.17, 15) is 4.79 Å². The van der Waals surface area contributed by atoms with Crippen LogP contribution in [0.4, 0.5) is 0 Å². The summed E-state index contributed by atoms with van der Waals surface area (Å²) in [6.45, 7) is 8.68. The molecule has 4 nitrogen and oxygen atoms in total. The van der Waals surface area contributed by atoms with Crippen molar-refractivity contribution < 1.29 is 19.7 Å². The van der Waals surface area contributed by atoms with Crippen LogP contribution >= 0.6 is 0 Å². The summed E-state index contributed by atoms with van der Waals surface area (Å²) in [5.41, 5.74) is 0.0812. The van der Waals surface area contributed by atoms with Gasteiger partial charge in [-0.15, -0.1) is 0 Å². The van der Waals surface area contributed by atoms with Gasteiger partial charge in [0.25, 0.3) is 0 Å². The number of carbonyl (C=O) groups is 1. The molecule has 0 fully saturated rings. The lowest BCUT2D eigenvalue weighted by Crippen LogP contribution is -2.18. The molecule has 0 atom stereocenters. The fourth-order valence-electron chi connectivity index (χ4n) is 1.24. The Hall–Kier alpha value is -0.610. The molecular formula is C15H32O4. The number of unbranched alkanes of at least 4 members (excludes halogenated alkanes) is 4. The van der Waals surface area contributed by atoms with E-state index in [0.29, 0.717) is 13.0 Å². The minimum absolute atomic E-state index is 0.0403. The van der Waals surface area contributed by atoms with Gasteiger partial charge < -0.3 is 14.9 Å². The van der Waals surface area contributed by atoms with E-state index in [2.05, 4.69) is 27.7 Å². The summed E-state index contributed by atoms with van der Waals surface area (Å²) in [4.78, 5) is 11.3. The van der Waals surface area contributed by atoms with Gasteiger partial charge in [0.1, 0.15) is 0 Å². The third-order valence-corrected chi connectivity index (χ3v) is 2.25. The predicted molar refractivity (Wildman–Crippen MR) is 78.0 cm³/mol. The van der Waals surface area contributed by atoms with E-state index in [1.165, 1.54) is 19.3 Å². The van der Waals surface area contributed by atoms with Crippen LogP contribution in [0.2, 0.25) is 0 Å². The molecule has 4 heteroatoms. The van der Waals surface area contributed by atoms with Gasteiger partial charge in [-0.1, -0.05) is 53.4 Å². The van der Waals surface area contributed by atoms with Crippen LogP contribution in [0.15, 0.2) is 0 Å². The Labute approximate surface area is 118 Å². The smallest absolute Gasteiger partial charge is 0.305 e. The largest absolute Gasteiger partial charge is 0.465 e. The second kappa shape index (κ2) is 13.8. The Kier molecular flexibility index (Phi) is 15.1. The molecule has 0 aliphatic heterocycles. The van der Waals surface area contributed by atoms with Gasteiger partial charge >= 0.3 is 5.97 Å². The summed E-state index contributed by atoms with van der Waals surface area (Å²) in [5.74, 6) is -0.0403. The van der Waals surface area contributed by atoms with Crippen LogP contribution < -0.4 is 0 Å². The van der Waals surface area contributed by atoms with Gasteiger partial charge in [-0.3, -0.25) is 4.79 Å². The molecule has 0 radical (unpaired) electrons.